The molecule has 2 aromatic rings. The molecule has 0 bridgehead atoms. The van der Waals surface area contributed by atoms with Gasteiger partial charge in [0.15, 0.2) is 29.1 Å². The van der Waals surface area contributed by atoms with E-state index in [2.05, 4.69) is 0 Å². The second-order valence-electron chi connectivity index (χ2n) is 13.7. The third kappa shape index (κ3) is 4.07. The van der Waals surface area contributed by atoms with Crippen LogP contribution in [0.5, 0.6) is 0 Å². The minimum Gasteiger partial charge on any atom is -0.399 e. The molecule has 2 aromatic carbocycles. The van der Waals surface area contributed by atoms with Gasteiger partial charge in [-0.1, -0.05) is 61.5 Å². The first-order valence-electron chi connectivity index (χ1n) is 15.4. The van der Waals surface area contributed by atoms with Crippen molar-refractivity contribution in [3.8, 4) is 0 Å². The van der Waals surface area contributed by atoms with Crippen LogP contribution in [0.15, 0.2) is 72.3 Å². The highest BCUT2D eigenvalue weighted by atomic mass is 19.1. The molecule has 0 unspecified atom stereocenters. The van der Waals surface area contributed by atoms with Gasteiger partial charge >= 0.3 is 0 Å². The van der Waals surface area contributed by atoms with Crippen LogP contribution in [0.2, 0.25) is 0 Å². The number of allylic oxidation sites excluding steroid dienone is 4. The number of ether oxygens (including phenoxy) is 2. The molecule has 1 aliphatic heterocycles. The number of aliphatic hydroxyl groups is 2. The number of halogens is 2. The Bertz CT molecular complexity index is 1650. The number of rotatable bonds is 5. The van der Waals surface area contributed by atoms with Gasteiger partial charge in [0.1, 0.15) is 12.8 Å². The summed E-state index contributed by atoms with van der Waals surface area (Å²) in [5.41, 5.74) is 2.44. The van der Waals surface area contributed by atoms with Crippen molar-refractivity contribution in [1.29, 1.82) is 0 Å². The Kier molecular flexibility index (Phi) is 6.87. The fourth-order valence-corrected chi connectivity index (χ4v) is 9.33. The molecular weight excluding hydrogens is 580 g/mol. The van der Waals surface area contributed by atoms with E-state index < -0.39 is 76.8 Å². The Balaban J connectivity index is 1.20. The largest absolute Gasteiger partial charge is 0.399 e. The molecule has 4 aliphatic carbocycles. The maximum atomic E-state index is 17.5. The van der Waals surface area contributed by atoms with Crippen LogP contribution in [0.1, 0.15) is 56.1 Å². The smallest absolute Gasteiger partial charge is 0.193 e. The number of alkyl halides is 2. The van der Waals surface area contributed by atoms with Gasteiger partial charge in [-0.3, -0.25) is 9.59 Å². The lowest BCUT2D eigenvalue weighted by molar-refractivity contribution is -0.235. The molecule has 0 aromatic heterocycles. The standard InChI is InChI=1S/C36H37F2NO6/c1-33-13-12-24(41)15-27(33)28(37)16-26-25-17-31-36(30(43)19-40,34(25,2)18-29(42)35(26,33)38)45-32(44-31)22-10-8-20(9-11-22)6-7-21-4-3-5-23(39)14-21/h3-15,25-26,28-29,31-32,40,42H,16-19,39H2,1-2H3/b7-6+/t25-,26-,28-,29-,31+,32+,33-,34-,35-,36+/m0/s1. The number of anilines is 1. The topological polar surface area (TPSA) is 119 Å². The highest BCUT2D eigenvalue weighted by Gasteiger charge is 2.80. The van der Waals surface area contributed by atoms with Crippen LogP contribution in [-0.4, -0.2) is 58.0 Å². The molecule has 0 radical (unpaired) electrons. The van der Waals surface area contributed by atoms with E-state index in [0.717, 1.165) is 17.2 Å². The molecule has 45 heavy (non-hydrogen) atoms. The van der Waals surface area contributed by atoms with Crippen LogP contribution in [-0.2, 0) is 19.1 Å². The van der Waals surface area contributed by atoms with Crippen molar-refractivity contribution in [2.24, 2.45) is 22.7 Å². The van der Waals surface area contributed by atoms with Crippen LogP contribution >= 0.6 is 0 Å². The van der Waals surface area contributed by atoms with Gasteiger partial charge in [-0.25, -0.2) is 8.78 Å². The van der Waals surface area contributed by atoms with Gasteiger partial charge in [0.2, 0.25) is 0 Å². The SMILES string of the molecule is C[C@]12C=CC(=O)C=C1[C@@H](F)C[C@H]1[C@@H]3C[C@H]4O[C@@H](c5ccc(/C=C/c6cccc(N)c6)cc5)O[C@@]4(C(=O)CO)[C@@]3(C)C[C@H](O)[C@@]12F. The molecule has 4 fully saturated rings. The van der Waals surface area contributed by atoms with E-state index in [9.17, 15) is 19.8 Å². The summed E-state index contributed by atoms with van der Waals surface area (Å²) in [4.78, 5) is 25.8. The van der Waals surface area contributed by atoms with Crippen molar-refractivity contribution in [3.63, 3.8) is 0 Å². The highest BCUT2D eigenvalue weighted by Crippen LogP contribution is 2.72. The van der Waals surface area contributed by atoms with Crippen molar-refractivity contribution in [2.45, 2.75) is 69.0 Å². The molecule has 4 N–H and O–H groups in total. The molecule has 7 nitrogen and oxygen atoms in total. The highest BCUT2D eigenvalue weighted by molar-refractivity contribution is 6.01. The summed E-state index contributed by atoms with van der Waals surface area (Å²) in [7, 11) is 0. The number of carbonyl (C=O) groups excluding carboxylic acids is 2. The lowest BCUT2D eigenvalue weighted by atomic mass is 9.44. The third-order valence-electron chi connectivity index (χ3n) is 11.5. The average Bonchev–Trinajstić information content (AvgIpc) is 3.52. The number of nitrogens with two attached hydrogens (primary N) is 1. The fraction of sp³-hybridized carbons (Fsp3) is 0.444. The molecule has 1 saturated heterocycles. The van der Waals surface area contributed by atoms with Gasteiger partial charge in [0.25, 0.3) is 0 Å². The van der Waals surface area contributed by atoms with E-state index in [1.165, 1.54) is 19.1 Å². The van der Waals surface area contributed by atoms with Crippen LogP contribution in [0.4, 0.5) is 14.5 Å². The number of Topliss-reactive ketones (excluding diaryl/α,β-unsaturated/α-hetero) is 1. The zero-order chi connectivity index (χ0) is 31.9. The van der Waals surface area contributed by atoms with E-state index >= 15 is 8.78 Å². The summed E-state index contributed by atoms with van der Waals surface area (Å²) in [6.45, 7) is 2.48. The molecular formula is C36H37F2NO6. The van der Waals surface area contributed by atoms with E-state index in [1.54, 1.807) is 6.92 Å². The van der Waals surface area contributed by atoms with E-state index in [4.69, 9.17) is 15.2 Å². The van der Waals surface area contributed by atoms with Crippen molar-refractivity contribution in [2.75, 3.05) is 12.3 Å². The quantitative estimate of drug-likeness (QED) is 0.316. The average molecular weight is 618 g/mol. The second kappa shape index (κ2) is 10.3. The number of aliphatic hydroxyl groups excluding tert-OH is 2. The Morgan fingerprint density at radius 1 is 1.09 bits per heavy atom. The number of nitrogen functional groups attached to an aromatic ring is 1. The van der Waals surface area contributed by atoms with Crippen LogP contribution in [0.3, 0.4) is 0 Å². The van der Waals surface area contributed by atoms with Gasteiger partial charge < -0.3 is 25.4 Å². The zero-order valence-corrected chi connectivity index (χ0v) is 25.2. The van der Waals surface area contributed by atoms with Crippen LogP contribution in [0.25, 0.3) is 12.2 Å². The van der Waals surface area contributed by atoms with Crippen molar-refractivity contribution < 1.29 is 38.1 Å². The first-order chi connectivity index (χ1) is 21.4. The Labute approximate surface area is 260 Å². The predicted octanol–water partition coefficient (Wildman–Crippen LogP) is 5.08. The van der Waals surface area contributed by atoms with E-state index in [1.807, 2.05) is 60.7 Å². The van der Waals surface area contributed by atoms with Crippen LogP contribution in [0, 0.1) is 22.7 Å². The van der Waals surface area contributed by atoms with Gasteiger partial charge in [-0.05, 0) is 73.1 Å². The molecule has 10 atom stereocenters. The summed E-state index contributed by atoms with van der Waals surface area (Å²) in [5, 5.41) is 21.8. The normalized spacial score (nSPS) is 41.7. The summed E-state index contributed by atoms with van der Waals surface area (Å²) in [6, 6.07) is 15.0. The van der Waals surface area contributed by atoms with Crippen molar-refractivity contribution in [3.05, 3.63) is 89.0 Å². The third-order valence-corrected chi connectivity index (χ3v) is 11.5. The first kappa shape index (κ1) is 30.2. The first-order valence-corrected chi connectivity index (χ1v) is 15.4. The van der Waals surface area contributed by atoms with Gasteiger partial charge in [-0.2, -0.15) is 0 Å². The summed E-state index contributed by atoms with van der Waals surface area (Å²) < 4.78 is 46.3. The van der Waals surface area contributed by atoms with E-state index in [-0.39, 0.29) is 24.8 Å². The Morgan fingerprint density at radius 2 is 1.82 bits per heavy atom. The summed E-state index contributed by atoms with van der Waals surface area (Å²) in [5.74, 6) is -2.62. The number of carbonyl (C=O) groups is 2. The molecule has 3 saturated carbocycles. The lowest BCUT2D eigenvalue weighted by Gasteiger charge is -2.63. The monoisotopic (exact) mass is 617 g/mol. The van der Waals surface area contributed by atoms with E-state index in [0.29, 0.717) is 11.3 Å². The molecule has 5 aliphatic rings. The summed E-state index contributed by atoms with van der Waals surface area (Å²) >= 11 is 0. The van der Waals surface area contributed by atoms with Crippen molar-refractivity contribution >= 4 is 29.4 Å². The molecule has 0 amide bonds. The lowest BCUT2D eigenvalue weighted by Crippen LogP contribution is -2.70. The molecule has 7 rings (SSSR count). The van der Waals surface area contributed by atoms with Gasteiger partial charge in [-0.15, -0.1) is 0 Å². The van der Waals surface area contributed by atoms with Gasteiger partial charge in [0, 0.05) is 28.0 Å². The number of fused-ring (bicyclic) bond motifs is 7. The Morgan fingerprint density at radius 3 is 2.53 bits per heavy atom. The molecule has 1 heterocycles. The fourth-order valence-electron chi connectivity index (χ4n) is 9.33. The molecule has 9 heteroatoms. The molecule has 236 valence electrons. The maximum absolute atomic E-state index is 17.5. The number of benzene rings is 2. The minimum absolute atomic E-state index is 0.0366. The number of hydrogen-bond acceptors (Lipinski definition) is 7. The Hall–Kier alpha value is -3.50. The summed E-state index contributed by atoms with van der Waals surface area (Å²) in [6.07, 6.45) is 2.44. The van der Waals surface area contributed by atoms with Crippen LogP contribution < -0.4 is 5.73 Å². The minimum atomic E-state index is -2.29. The zero-order valence-electron chi connectivity index (χ0n) is 25.2. The van der Waals surface area contributed by atoms with Gasteiger partial charge in [0.05, 0.1) is 12.2 Å². The number of hydrogen-bond donors (Lipinski definition) is 3. The van der Waals surface area contributed by atoms with Crippen molar-refractivity contribution in [1.82, 2.24) is 0 Å². The maximum Gasteiger partial charge on any atom is 0.193 e. The molecule has 0 spiro atoms. The second-order valence-corrected chi connectivity index (χ2v) is 13.7. The number of ketones is 2. The predicted molar refractivity (Wildman–Crippen MR) is 164 cm³/mol.